The van der Waals surface area contributed by atoms with Gasteiger partial charge in [0.25, 0.3) is 0 Å². The van der Waals surface area contributed by atoms with E-state index in [0.29, 0.717) is 0 Å². The molecule has 1 aromatic heterocycles. The molecule has 0 bridgehead atoms. The highest BCUT2D eigenvalue weighted by Gasteiger charge is 2.47. The van der Waals surface area contributed by atoms with E-state index in [2.05, 4.69) is 33.2 Å². The van der Waals surface area contributed by atoms with Crippen LogP contribution in [0.5, 0.6) is 0 Å². The summed E-state index contributed by atoms with van der Waals surface area (Å²) < 4.78 is 0.738. The molecule has 4 heteroatoms. The second kappa shape index (κ2) is 3.93. The quantitative estimate of drug-likeness (QED) is 0.857. The van der Waals surface area contributed by atoms with E-state index in [1.54, 1.807) is 12.3 Å². The van der Waals surface area contributed by atoms with Crippen LogP contribution in [0.25, 0.3) is 0 Å². The van der Waals surface area contributed by atoms with Crippen molar-refractivity contribution in [3.63, 3.8) is 0 Å². The molecule has 1 N–H and O–H groups in total. The van der Waals surface area contributed by atoms with Crippen LogP contribution in [0.2, 0.25) is 0 Å². The molecule has 0 unspecified atom stereocenters. The smallest absolute Gasteiger partial charge is 0.230 e. The van der Waals surface area contributed by atoms with E-state index in [9.17, 15) is 4.79 Å². The highest BCUT2D eigenvalue weighted by atomic mass is 79.9. The summed E-state index contributed by atoms with van der Waals surface area (Å²) in [5.41, 5.74) is 0.719. The van der Waals surface area contributed by atoms with Gasteiger partial charge < -0.3 is 5.32 Å². The van der Waals surface area contributed by atoms with Gasteiger partial charge in [0, 0.05) is 17.3 Å². The van der Waals surface area contributed by atoms with Crippen LogP contribution in [0, 0.1) is 5.41 Å². The van der Waals surface area contributed by atoms with Crippen LogP contribution in [-0.4, -0.2) is 10.9 Å². The Bertz CT molecular complexity index is 388. The lowest BCUT2D eigenvalue weighted by Gasteiger charge is -2.12. The molecule has 15 heavy (non-hydrogen) atoms. The predicted molar refractivity (Wildman–Crippen MR) is 62.5 cm³/mol. The van der Waals surface area contributed by atoms with Crippen LogP contribution in [0.15, 0.2) is 22.9 Å². The van der Waals surface area contributed by atoms with Gasteiger partial charge in [-0.25, -0.2) is 4.98 Å². The van der Waals surface area contributed by atoms with Gasteiger partial charge in [-0.2, -0.15) is 0 Å². The van der Waals surface area contributed by atoms with Gasteiger partial charge >= 0.3 is 0 Å². The Morgan fingerprint density at radius 1 is 1.67 bits per heavy atom. The first-order valence-electron chi connectivity index (χ1n) is 5.09. The maximum absolute atomic E-state index is 11.9. The van der Waals surface area contributed by atoms with Crippen molar-refractivity contribution >= 4 is 27.5 Å². The molecule has 2 rings (SSSR count). The van der Waals surface area contributed by atoms with Crippen molar-refractivity contribution in [1.29, 1.82) is 0 Å². The number of carbonyl (C=O) groups excluding carboxylic acids is 1. The molecule has 1 aliphatic rings. The Labute approximate surface area is 97.4 Å². The topological polar surface area (TPSA) is 42.0 Å². The van der Waals surface area contributed by atoms with Gasteiger partial charge in [-0.1, -0.05) is 6.92 Å². The van der Waals surface area contributed by atoms with Gasteiger partial charge in [-0.3, -0.25) is 4.79 Å². The Morgan fingerprint density at radius 3 is 2.93 bits per heavy atom. The molecule has 80 valence electrons. The van der Waals surface area contributed by atoms with E-state index in [-0.39, 0.29) is 11.3 Å². The van der Waals surface area contributed by atoms with Gasteiger partial charge in [0.05, 0.1) is 0 Å². The highest BCUT2D eigenvalue weighted by Crippen LogP contribution is 2.49. The lowest BCUT2D eigenvalue weighted by molar-refractivity contribution is -0.121. The monoisotopic (exact) mass is 268 g/mol. The molecule has 3 nitrogen and oxygen atoms in total. The second-order valence-electron chi connectivity index (χ2n) is 3.96. The molecular weight excluding hydrogens is 256 g/mol. The van der Waals surface area contributed by atoms with Crippen LogP contribution in [-0.2, 0) is 4.79 Å². The van der Waals surface area contributed by atoms with Gasteiger partial charge in [0.2, 0.25) is 5.91 Å². The summed E-state index contributed by atoms with van der Waals surface area (Å²) in [4.78, 5) is 15.9. The Balaban J connectivity index is 2.06. The highest BCUT2D eigenvalue weighted by molar-refractivity contribution is 9.10. The zero-order valence-corrected chi connectivity index (χ0v) is 10.2. The fraction of sp³-hybridized carbons (Fsp3) is 0.455. The number of halogens is 1. The number of hydrogen-bond donors (Lipinski definition) is 1. The normalized spacial score (nSPS) is 17.2. The van der Waals surface area contributed by atoms with Gasteiger partial charge in [0.1, 0.15) is 4.60 Å². The van der Waals surface area contributed by atoms with Gasteiger partial charge in [-0.15, -0.1) is 0 Å². The van der Waals surface area contributed by atoms with Crippen molar-refractivity contribution in [1.82, 2.24) is 4.98 Å². The molecule has 0 radical (unpaired) electrons. The number of amides is 1. The summed E-state index contributed by atoms with van der Waals surface area (Å²) in [6, 6.07) is 3.61. The zero-order chi connectivity index (χ0) is 10.9. The molecule has 0 atom stereocenters. The fourth-order valence-electron chi connectivity index (χ4n) is 1.64. The number of anilines is 1. The van der Waals surface area contributed by atoms with E-state index in [1.165, 1.54) is 0 Å². The first-order chi connectivity index (χ1) is 7.16. The Morgan fingerprint density at radius 2 is 2.40 bits per heavy atom. The minimum absolute atomic E-state index is 0.0876. The average Bonchev–Trinajstić information content (AvgIpc) is 2.98. The number of pyridine rings is 1. The predicted octanol–water partition coefficient (Wildman–Crippen LogP) is 2.97. The van der Waals surface area contributed by atoms with Crippen LogP contribution in [0.3, 0.4) is 0 Å². The number of hydrogen-bond acceptors (Lipinski definition) is 2. The summed E-state index contributed by atoms with van der Waals surface area (Å²) in [5.74, 6) is 0.142. The fourth-order valence-corrected chi connectivity index (χ4v) is 2.00. The number of nitrogens with zero attached hydrogens (tertiary/aromatic N) is 1. The first kappa shape index (κ1) is 10.6. The van der Waals surface area contributed by atoms with E-state index >= 15 is 0 Å². The summed E-state index contributed by atoms with van der Waals surface area (Å²) >= 11 is 3.27. The van der Waals surface area contributed by atoms with Crippen molar-refractivity contribution < 1.29 is 4.79 Å². The van der Waals surface area contributed by atoms with Crippen molar-refractivity contribution in [2.75, 3.05) is 5.32 Å². The third kappa shape index (κ3) is 2.20. The van der Waals surface area contributed by atoms with Crippen LogP contribution >= 0.6 is 15.9 Å². The summed E-state index contributed by atoms with van der Waals surface area (Å²) in [5, 5.41) is 2.93. The molecule has 1 fully saturated rings. The molecule has 0 saturated heterocycles. The van der Waals surface area contributed by atoms with Crippen LogP contribution in [0.1, 0.15) is 26.2 Å². The summed E-state index contributed by atoms with van der Waals surface area (Å²) in [6.45, 7) is 2.06. The molecule has 1 aliphatic carbocycles. The lowest BCUT2D eigenvalue weighted by atomic mass is 10.0. The van der Waals surface area contributed by atoms with Crippen molar-refractivity contribution in [3.8, 4) is 0 Å². The number of carbonyl (C=O) groups is 1. The second-order valence-corrected chi connectivity index (χ2v) is 4.77. The maximum Gasteiger partial charge on any atom is 0.230 e. The Kier molecular flexibility index (Phi) is 2.78. The Hall–Kier alpha value is -0.900. The van der Waals surface area contributed by atoms with Crippen molar-refractivity contribution in [2.45, 2.75) is 26.2 Å². The average molecular weight is 269 g/mol. The standard InChI is InChI=1S/C11H13BrN2O/c1-2-11(4-5-11)10(15)14-8-3-6-13-9(12)7-8/h3,6-7H,2,4-5H2,1H3,(H,13,14,15). The van der Waals surface area contributed by atoms with Crippen LogP contribution < -0.4 is 5.32 Å². The number of nitrogens with one attached hydrogen (secondary N) is 1. The number of rotatable bonds is 3. The molecule has 0 aromatic carbocycles. The minimum atomic E-state index is -0.0876. The van der Waals surface area contributed by atoms with Crippen molar-refractivity contribution in [2.24, 2.45) is 5.41 Å². The minimum Gasteiger partial charge on any atom is -0.325 e. The summed E-state index contributed by atoms with van der Waals surface area (Å²) in [6.07, 6.45) is 4.62. The molecule has 0 spiro atoms. The summed E-state index contributed by atoms with van der Waals surface area (Å²) in [7, 11) is 0. The molecule has 1 heterocycles. The number of aromatic nitrogens is 1. The third-order valence-electron chi connectivity index (χ3n) is 3.00. The maximum atomic E-state index is 11.9. The van der Waals surface area contributed by atoms with Crippen molar-refractivity contribution in [3.05, 3.63) is 22.9 Å². The van der Waals surface area contributed by atoms with E-state index in [4.69, 9.17) is 0 Å². The third-order valence-corrected chi connectivity index (χ3v) is 3.43. The molecule has 1 amide bonds. The molecule has 0 aliphatic heterocycles. The largest absolute Gasteiger partial charge is 0.325 e. The lowest BCUT2D eigenvalue weighted by Crippen LogP contribution is -2.23. The SMILES string of the molecule is CCC1(C(=O)Nc2ccnc(Br)c2)CC1. The molecule has 1 aromatic rings. The van der Waals surface area contributed by atoms with E-state index in [1.807, 2.05) is 6.07 Å². The van der Waals surface area contributed by atoms with E-state index < -0.39 is 0 Å². The zero-order valence-electron chi connectivity index (χ0n) is 8.59. The molecule has 1 saturated carbocycles. The van der Waals surface area contributed by atoms with Gasteiger partial charge in [-0.05, 0) is 47.3 Å². The van der Waals surface area contributed by atoms with Gasteiger partial charge in [0.15, 0.2) is 0 Å². The van der Waals surface area contributed by atoms with Crippen LogP contribution in [0.4, 0.5) is 5.69 Å². The first-order valence-corrected chi connectivity index (χ1v) is 5.89. The van der Waals surface area contributed by atoms with E-state index in [0.717, 1.165) is 29.6 Å². The molecular formula is C11H13BrN2O.